The summed E-state index contributed by atoms with van der Waals surface area (Å²) in [5.41, 5.74) is 0.946. The van der Waals surface area contributed by atoms with E-state index in [1.807, 2.05) is 30.3 Å². The molecule has 0 fully saturated rings. The van der Waals surface area contributed by atoms with Crippen LogP contribution in [-0.2, 0) is 16.0 Å². The van der Waals surface area contributed by atoms with Crippen LogP contribution in [0, 0.1) is 0 Å². The monoisotopic (exact) mass is 283 g/mol. The summed E-state index contributed by atoms with van der Waals surface area (Å²) >= 11 is 0. The lowest BCUT2D eigenvalue weighted by Gasteiger charge is -2.19. The van der Waals surface area contributed by atoms with Crippen molar-refractivity contribution in [2.24, 2.45) is 0 Å². The Morgan fingerprint density at radius 2 is 1.70 bits per heavy atom. The number of rotatable bonds is 10. The molecular formula is C14H21NO5. The molecule has 1 aromatic carbocycles. The van der Waals surface area contributed by atoms with Crippen molar-refractivity contribution in [3.8, 4) is 0 Å². The van der Waals surface area contributed by atoms with Crippen molar-refractivity contribution in [1.82, 2.24) is 4.90 Å². The molecule has 6 nitrogen and oxygen atoms in total. The molecule has 0 saturated heterocycles. The molecule has 0 bridgehead atoms. The van der Waals surface area contributed by atoms with Crippen LogP contribution in [0.1, 0.15) is 5.56 Å². The Bertz CT molecular complexity index is 371. The summed E-state index contributed by atoms with van der Waals surface area (Å²) in [6.07, 6.45) is -0.964. The molecule has 0 aliphatic heterocycles. The molecule has 2 N–H and O–H groups in total. The first-order valence-electron chi connectivity index (χ1n) is 6.52. The number of hydrogen-bond acceptors (Lipinski definition) is 4. The predicted molar refractivity (Wildman–Crippen MR) is 73.6 cm³/mol. The maximum absolute atomic E-state index is 11.1. The second kappa shape index (κ2) is 10.2. The predicted octanol–water partition coefficient (Wildman–Crippen LogP) is 1.19. The van der Waals surface area contributed by atoms with Gasteiger partial charge in [-0.1, -0.05) is 30.3 Å². The van der Waals surface area contributed by atoms with Gasteiger partial charge in [0.15, 0.2) is 0 Å². The third kappa shape index (κ3) is 7.08. The quantitative estimate of drug-likeness (QED) is 0.631. The summed E-state index contributed by atoms with van der Waals surface area (Å²) in [6, 6.07) is 9.43. The van der Waals surface area contributed by atoms with Crippen LogP contribution in [0.15, 0.2) is 30.3 Å². The van der Waals surface area contributed by atoms with E-state index in [0.29, 0.717) is 39.5 Å². The maximum Gasteiger partial charge on any atom is 0.407 e. The Balaban J connectivity index is 2.21. The molecule has 0 unspecified atom stereocenters. The lowest BCUT2D eigenvalue weighted by molar-refractivity contribution is 0.0264. The van der Waals surface area contributed by atoms with Gasteiger partial charge in [0.25, 0.3) is 0 Å². The second-order valence-corrected chi connectivity index (χ2v) is 4.14. The average Bonchev–Trinajstić information content (AvgIpc) is 2.46. The molecule has 0 radical (unpaired) electrons. The lowest BCUT2D eigenvalue weighted by atomic mass is 10.2. The molecule has 0 spiro atoms. The molecule has 0 aliphatic rings. The van der Waals surface area contributed by atoms with Gasteiger partial charge in [-0.05, 0) is 5.56 Å². The summed E-state index contributed by atoms with van der Waals surface area (Å²) in [4.78, 5) is 12.4. The minimum atomic E-state index is -0.964. The van der Waals surface area contributed by atoms with Gasteiger partial charge in [-0.25, -0.2) is 4.79 Å². The Labute approximate surface area is 118 Å². The summed E-state index contributed by atoms with van der Waals surface area (Å²) in [5, 5.41) is 17.6. The van der Waals surface area contributed by atoms with E-state index < -0.39 is 6.09 Å². The normalized spacial score (nSPS) is 10.4. The van der Waals surface area contributed by atoms with E-state index in [4.69, 9.17) is 19.7 Å². The fraction of sp³-hybridized carbons (Fsp3) is 0.500. The smallest absolute Gasteiger partial charge is 0.407 e. The van der Waals surface area contributed by atoms with Gasteiger partial charge in [-0.15, -0.1) is 0 Å². The molecule has 0 atom stereocenters. The van der Waals surface area contributed by atoms with Gasteiger partial charge < -0.3 is 24.6 Å². The fourth-order valence-corrected chi connectivity index (χ4v) is 1.61. The third-order valence-corrected chi connectivity index (χ3v) is 2.60. The second-order valence-electron chi connectivity index (χ2n) is 4.14. The molecule has 0 heterocycles. The highest BCUT2D eigenvalue weighted by Gasteiger charge is 2.11. The van der Waals surface area contributed by atoms with Crippen LogP contribution >= 0.6 is 0 Å². The Kier molecular flexibility index (Phi) is 8.37. The lowest BCUT2D eigenvalue weighted by Crippen LogP contribution is -2.32. The van der Waals surface area contributed by atoms with Crippen molar-refractivity contribution in [1.29, 1.82) is 0 Å². The minimum Gasteiger partial charge on any atom is -0.465 e. The zero-order chi connectivity index (χ0) is 14.6. The highest BCUT2D eigenvalue weighted by atomic mass is 16.5. The minimum absolute atomic E-state index is 0.0101. The standard InChI is InChI=1S/C14H21NO5/c16-7-9-20-11-10-19-8-6-15(14(17)18)12-13-4-2-1-3-5-13/h1-5,16H,6-12H2,(H,17,18). The highest BCUT2D eigenvalue weighted by molar-refractivity contribution is 5.64. The number of ether oxygens (including phenoxy) is 2. The molecule has 1 rings (SSSR count). The molecule has 112 valence electrons. The van der Waals surface area contributed by atoms with Crippen molar-refractivity contribution in [2.75, 3.05) is 39.6 Å². The van der Waals surface area contributed by atoms with Crippen molar-refractivity contribution >= 4 is 6.09 Å². The van der Waals surface area contributed by atoms with Gasteiger partial charge in [0.2, 0.25) is 0 Å². The number of aliphatic hydroxyl groups is 1. The number of hydrogen-bond donors (Lipinski definition) is 2. The largest absolute Gasteiger partial charge is 0.465 e. The first kappa shape index (κ1) is 16.4. The molecule has 0 aromatic heterocycles. The molecule has 6 heteroatoms. The average molecular weight is 283 g/mol. The van der Waals surface area contributed by atoms with Crippen molar-refractivity contribution < 1.29 is 24.5 Å². The Hall–Kier alpha value is -1.63. The number of carbonyl (C=O) groups is 1. The van der Waals surface area contributed by atoms with Crippen LogP contribution in [0.5, 0.6) is 0 Å². The first-order chi connectivity index (χ1) is 9.74. The van der Waals surface area contributed by atoms with Crippen LogP contribution < -0.4 is 0 Å². The highest BCUT2D eigenvalue weighted by Crippen LogP contribution is 2.04. The molecule has 1 amide bonds. The summed E-state index contributed by atoms with van der Waals surface area (Å²) in [7, 11) is 0. The Morgan fingerprint density at radius 3 is 2.30 bits per heavy atom. The van der Waals surface area contributed by atoms with E-state index in [9.17, 15) is 4.79 Å². The van der Waals surface area contributed by atoms with Crippen molar-refractivity contribution in [2.45, 2.75) is 6.54 Å². The van der Waals surface area contributed by atoms with E-state index in [0.717, 1.165) is 5.56 Å². The van der Waals surface area contributed by atoms with Crippen molar-refractivity contribution in [3.63, 3.8) is 0 Å². The number of nitrogens with zero attached hydrogens (tertiary/aromatic N) is 1. The number of carboxylic acid groups (broad SMARTS) is 1. The van der Waals surface area contributed by atoms with E-state index in [2.05, 4.69) is 0 Å². The first-order valence-corrected chi connectivity index (χ1v) is 6.52. The molecule has 0 aliphatic carbocycles. The topological polar surface area (TPSA) is 79.2 Å². The van der Waals surface area contributed by atoms with Crippen LogP contribution in [0.4, 0.5) is 4.79 Å². The number of benzene rings is 1. The van der Waals surface area contributed by atoms with Gasteiger partial charge in [0, 0.05) is 13.1 Å². The summed E-state index contributed by atoms with van der Waals surface area (Å²) < 4.78 is 10.3. The molecular weight excluding hydrogens is 262 g/mol. The SMILES string of the molecule is O=C(O)N(CCOCCOCCO)Cc1ccccc1. The third-order valence-electron chi connectivity index (χ3n) is 2.60. The van der Waals surface area contributed by atoms with E-state index in [1.54, 1.807) is 0 Å². The van der Waals surface area contributed by atoms with Gasteiger partial charge >= 0.3 is 6.09 Å². The number of aliphatic hydroxyl groups excluding tert-OH is 1. The zero-order valence-electron chi connectivity index (χ0n) is 11.4. The van der Waals surface area contributed by atoms with Gasteiger partial charge in [-0.2, -0.15) is 0 Å². The molecule has 20 heavy (non-hydrogen) atoms. The zero-order valence-corrected chi connectivity index (χ0v) is 11.4. The Morgan fingerprint density at radius 1 is 1.05 bits per heavy atom. The van der Waals surface area contributed by atoms with E-state index in [1.165, 1.54) is 4.90 Å². The summed E-state index contributed by atoms with van der Waals surface area (Å²) in [6.45, 7) is 2.04. The molecule has 0 saturated carbocycles. The fourth-order valence-electron chi connectivity index (χ4n) is 1.61. The van der Waals surface area contributed by atoms with Crippen LogP contribution in [0.25, 0.3) is 0 Å². The van der Waals surface area contributed by atoms with Gasteiger partial charge in [0.1, 0.15) is 0 Å². The summed E-state index contributed by atoms with van der Waals surface area (Å²) in [5.74, 6) is 0. The number of amides is 1. The molecule has 1 aromatic rings. The van der Waals surface area contributed by atoms with Gasteiger partial charge in [-0.3, -0.25) is 0 Å². The van der Waals surface area contributed by atoms with E-state index in [-0.39, 0.29) is 6.61 Å². The van der Waals surface area contributed by atoms with Crippen LogP contribution in [0.3, 0.4) is 0 Å². The van der Waals surface area contributed by atoms with Gasteiger partial charge in [0.05, 0.1) is 33.0 Å². The maximum atomic E-state index is 11.1. The van der Waals surface area contributed by atoms with E-state index >= 15 is 0 Å². The van der Waals surface area contributed by atoms with Crippen LogP contribution in [0.2, 0.25) is 0 Å². The van der Waals surface area contributed by atoms with Crippen molar-refractivity contribution in [3.05, 3.63) is 35.9 Å². The van der Waals surface area contributed by atoms with Crippen LogP contribution in [-0.4, -0.2) is 60.8 Å².